The van der Waals surface area contributed by atoms with E-state index in [2.05, 4.69) is 20.9 Å². The minimum atomic E-state index is -1.83. The normalized spacial score (nSPS) is 28.6. The van der Waals surface area contributed by atoms with Gasteiger partial charge in [0.05, 0.1) is 30.3 Å². The van der Waals surface area contributed by atoms with Gasteiger partial charge in [-0.2, -0.15) is 0 Å². The zero-order valence-electron chi connectivity index (χ0n) is 29.5. The number of amides is 3. The number of aryl methyl sites for hydroxylation is 1. The fraction of sp³-hybridized carbons (Fsp3) is 0.562. The minimum Gasteiger partial charge on any atom is -0.394 e. The largest absolute Gasteiger partial charge is 0.394 e. The maximum atomic E-state index is 14.0. The molecule has 5 heterocycles. The van der Waals surface area contributed by atoms with Gasteiger partial charge in [-0.15, -0.1) is 0 Å². The van der Waals surface area contributed by atoms with Crippen molar-refractivity contribution in [3.8, 4) is 0 Å². The fourth-order valence-corrected chi connectivity index (χ4v) is 6.93. The Bertz CT molecular complexity index is 1790. The highest BCUT2D eigenvalue weighted by atomic mass is 32.1. The van der Waals surface area contributed by atoms with E-state index >= 15 is 0 Å². The van der Waals surface area contributed by atoms with Gasteiger partial charge in [0.1, 0.15) is 65.1 Å². The van der Waals surface area contributed by atoms with E-state index < -0.39 is 92.2 Å². The van der Waals surface area contributed by atoms with Crippen molar-refractivity contribution in [2.24, 2.45) is 0 Å². The molecule has 298 valence electrons. The number of nitrogens with zero attached hydrogens (tertiary/aromatic N) is 4. The molecule has 0 bridgehead atoms. The molecule has 0 saturated carbocycles. The molecule has 3 aromatic rings. The quantitative estimate of drug-likeness (QED) is 0.0759. The van der Waals surface area contributed by atoms with Crippen LogP contribution in [0.15, 0.2) is 24.5 Å². The van der Waals surface area contributed by atoms with Gasteiger partial charge in [-0.1, -0.05) is 11.3 Å². The highest BCUT2D eigenvalue weighted by molar-refractivity contribution is 7.17. The molecule has 2 aliphatic heterocycles. The van der Waals surface area contributed by atoms with Crippen molar-refractivity contribution in [1.82, 2.24) is 24.3 Å². The summed E-state index contributed by atoms with van der Waals surface area (Å²) in [6.45, 7) is 0.985. The average Bonchev–Trinajstić information content (AvgIpc) is 3.84. The van der Waals surface area contributed by atoms with Gasteiger partial charge in [0, 0.05) is 18.9 Å². The first-order valence-corrected chi connectivity index (χ1v) is 17.7. The first-order valence-electron chi connectivity index (χ1n) is 16.9. The number of rotatable bonds is 13. The number of carbonyl (C=O) groups is 3. The lowest BCUT2D eigenvalue weighted by molar-refractivity contribution is -0.251. The summed E-state index contributed by atoms with van der Waals surface area (Å²) < 4.78 is 13.6. The van der Waals surface area contributed by atoms with Crippen molar-refractivity contribution in [3.05, 3.63) is 46.5 Å². The van der Waals surface area contributed by atoms with Crippen LogP contribution in [-0.4, -0.2) is 167 Å². The zero-order valence-corrected chi connectivity index (χ0v) is 30.3. The second kappa shape index (κ2) is 17.2. The van der Waals surface area contributed by atoms with Crippen LogP contribution in [0.4, 0.5) is 16.5 Å². The molecule has 13 N–H and O–H groups in total. The molecular formula is C32H46N8O13S. The Morgan fingerprint density at radius 3 is 1.72 bits per heavy atom. The van der Waals surface area contributed by atoms with Crippen molar-refractivity contribution < 1.29 is 64.7 Å². The van der Waals surface area contributed by atoms with E-state index in [0.29, 0.717) is 18.7 Å². The Hall–Kier alpha value is -4.04. The summed E-state index contributed by atoms with van der Waals surface area (Å²) in [6, 6.07) is 2.47. The summed E-state index contributed by atoms with van der Waals surface area (Å²) in [5.74, 6) is -2.19. The van der Waals surface area contributed by atoms with Crippen LogP contribution in [0.2, 0.25) is 0 Å². The first-order chi connectivity index (χ1) is 25.6. The predicted molar refractivity (Wildman–Crippen MR) is 190 cm³/mol. The third-order valence-corrected chi connectivity index (χ3v) is 10.0. The van der Waals surface area contributed by atoms with E-state index in [1.807, 2.05) is 19.0 Å². The predicted octanol–water partition coefficient (Wildman–Crippen LogP) is -3.23. The number of carbonyl (C=O) groups excluding carboxylic acids is 3. The number of anilines is 3. The van der Waals surface area contributed by atoms with E-state index in [9.17, 15) is 55.2 Å². The van der Waals surface area contributed by atoms with Gasteiger partial charge in [0.25, 0.3) is 17.7 Å². The molecule has 0 radical (unpaired) electrons. The average molecular weight is 783 g/mol. The maximum absolute atomic E-state index is 14.0. The van der Waals surface area contributed by atoms with Gasteiger partial charge in [-0.25, -0.2) is 4.98 Å². The third kappa shape index (κ3) is 8.59. The molecule has 0 spiro atoms. The molecule has 54 heavy (non-hydrogen) atoms. The fourth-order valence-electron chi connectivity index (χ4n) is 6.20. The van der Waals surface area contributed by atoms with E-state index in [4.69, 9.17) is 15.2 Å². The number of aliphatic hydroxyl groups excluding tert-OH is 8. The van der Waals surface area contributed by atoms with Gasteiger partial charge >= 0.3 is 0 Å². The highest BCUT2D eigenvalue weighted by Crippen LogP contribution is 2.34. The van der Waals surface area contributed by atoms with Crippen molar-refractivity contribution >= 4 is 45.6 Å². The lowest BCUT2D eigenvalue weighted by atomic mass is 9.98. The second-order valence-electron chi connectivity index (χ2n) is 13.3. The van der Waals surface area contributed by atoms with E-state index in [-0.39, 0.29) is 39.3 Å². The lowest BCUT2D eigenvalue weighted by Gasteiger charge is -2.41. The molecule has 22 heteroatoms. The van der Waals surface area contributed by atoms with Crippen molar-refractivity contribution in [2.75, 3.05) is 56.8 Å². The summed E-state index contributed by atoms with van der Waals surface area (Å²) in [6.07, 6.45) is -13.3. The minimum absolute atomic E-state index is 0.0187. The number of hydrogen-bond donors (Lipinski definition) is 12. The number of nitrogens with two attached hydrogens (primary N) is 1. The van der Waals surface area contributed by atoms with Gasteiger partial charge in [-0.3, -0.25) is 14.4 Å². The zero-order chi connectivity index (χ0) is 39.6. The molecular weight excluding hydrogens is 736 g/mol. The Labute approximate surface area is 312 Å². The summed E-state index contributed by atoms with van der Waals surface area (Å²) in [5.41, 5.74) is 5.66. The van der Waals surface area contributed by atoms with Crippen molar-refractivity contribution in [2.45, 2.75) is 74.6 Å². The summed E-state index contributed by atoms with van der Waals surface area (Å²) in [4.78, 5) is 46.8. The molecule has 5 rings (SSSR count). The number of nitrogens with one attached hydrogen (secondary N) is 3. The van der Waals surface area contributed by atoms with Crippen LogP contribution in [0, 0.1) is 6.92 Å². The Morgan fingerprint density at radius 1 is 0.796 bits per heavy atom. The van der Waals surface area contributed by atoms with Gasteiger partial charge in [0.15, 0.2) is 17.6 Å². The standard InChI is InChI=1S/C32H46N8O13S/c1-13-26(54-32(33)35-13)29(51)37-15-8-17(40(10-15)31-25(48)23(46)21(44)19(12-42)53-31)28(50)36-14-7-16(27(49)34-5-4-6-38(2)3)39(9-14)30-24(47)22(45)20(43)18(11-41)52-30/h7-10,18-25,30-31,41-48H,4-6,11-12H2,1-3H3,(H2,33,35)(H,34,49)(H,36,50)(H,37,51)/t18-,19-,20-,21-,22+,23+,24-,25-,30+,31+/m1/s1. The smallest absolute Gasteiger partial charge is 0.272 e. The molecule has 2 aliphatic rings. The first kappa shape index (κ1) is 41.1. The topological polar surface area (TPSA) is 320 Å². The maximum Gasteiger partial charge on any atom is 0.272 e. The van der Waals surface area contributed by atoms with Crippen LogP contribution in [-0.2, 0) is 9.47 Å². The van der Waals surface area contributed by atoms with Crippen LogP contribution in [0.3, 0.4) is 0 Å². The highest BCUT2D eigenvalue weighted by Gasteiger charge is 2.46. The second-order valence-corrected chi connectivity index (χ2v) is 14.3. The number of aromatic nitrogens is 3. The molecule has 3 aromatic heterocycles. The Balaban J connectivity index is 1.50. The third-order valence-electron chi connectivity index (χ3n) is 9.05. The monoisotopic (exact) mass is 782 g/mol. The van der Waals surface area contributed by atoms with E-state index in [0.717, 1.165) is 20.5 Å². The van der Waals surface area contributed by atoms with Crippen LogP contribution in [0.5, 0.6) is 0 Å². The molecule has 2 saturated heterocycles. The van der Waals surface area contributed by atoms with E-state index in [1.165, 1.54) is 24.5 Å². The van der Waals surface area contributed by atoms with Gasteiger partial charge in [0.2, 0.25) is 0 Å². The molecule has 10 atom stereocenters. The molecule has 2 fully saturated rings. The molecule has 0 aromatic carbocycles. The number of hydrogen-bond acceptors (Lipinski definition) is 17. The SMILES string of the molecule is Cc1nc(N)sc1C(=O)Nc1cc(C(=O)Nc2cc(C(=O)NCCCN(C)C)n([C@H]3O[C@H](CO)[C@@H](O)[C@H](O)[C@H]3O)c2)n([C@H]2O[C@H](CO)[C@@H](O)[C@H](O)[C@H]2O)c1. The lowest BCUT2D eigenvalue weighted by Crippen LogP contribution is -2.56. The van der Waals surface area contributed by atoms with E-state index in [1.54, 1.807) is 6.92 Å². The number of aliphatic hydroxyl groups is 8. The van der Waals surface area contributed by atoms with Crippen molar-refractivity contribution in [1.29, 1.82) is 0 Å². The number of nitrogen functional groups attached to an aromatic ring is 1. The summed E-state index contributed by atoms with van der Waals surface area (Å²) in [5, 5.41) is 91.2. The van der Waals surface area contributed by atoms with Crippen LogP contribution >= 0.6 is 11.3 Å². The van der Waals surface area contributed by atoms with Crippen LogP contribution < -0.4 is 21.7 Å². The number of ether oxygens (including phenoxy) is 2. The van der Waals surface area contributed by atoms with Crippen molar-refractivity contribution in [3.63, 3.8) is 0 Å². The molecule has 3 amide bonds. The Morgan fingerprint density at radius 2 is 1.28 bits per heavy atom. The Kier molecular flexibility index (Phi) is 13.1. The summed E-state index contributed by atoms with van der Waals surface area (Å²) in [7, 11) is 3.73. The van der Waals surface area contributed by atoms with Gasteiger partial charge in [-0.05, 0) is 46.1 Å². The number of thiazole rings is 1. The molecule has 0 unspecified atom stereocenters. The molecule has 21 nitrogen and oxygen atoms in total. The van der Waals surface area contributed by atoms with Crippen LogP contribution in [0.1, 0.15) is 55.2 Å². The van der Waals surface area contributed by atoms with Crippen LogP contribution in [0.25, 0.3) is 0 Å². The summed E-state index contributed by atoms with van der Waals surface area (Å²) >= 11 is 0.926. The van der Waals surface area contributed by atoms with Gasteiger partial charge < -0.3 is 86.0 Å². The molecule has 0 aliphatic carbocycles.